The van der Waals surface area contributed by atoms with Crippen molar-refractivity contribution in [2.75, 3.05) is 19.0 Å². The molecule has 204 valence electrons. The second-order valence-electron chi connectivity index (χ2n) is 12.6. The predicted octanol–water partition coefficient (Wildman–Crippen LogP) is 6.17. The van der Waals surface area contributed by atoms with E-state index in [0.29, 0.717) is 24.0 Å². The average Bonchev–Trinajstić information content (AvgIpc) is 3.62. The molecule has 4 aliphatic rings. The highest BCUT2D eigenvalue weighted by Crippen LogP contribution is 2.49. The van der Waals surface area contributed by atoms with Gasteiger partial charge in [-0.3, -0.25) is 14.5 Å². The molecule has 2 aromatic heterocycles. The highest BCUT2D eigenvalue weighted by atomic mass is 32.2. The van der Waals surface area contributed by atoms with Gasteiger partial charge in [0, 0.05) is 47.9 Å². The highest BCUT2D eigenvalue weighted by Gasteiger charge is 2.47. The van der Waals surface area contributed by atoms with Gasteiger partial charge < -0.3 is 13.9 Å². The average molecular weight is 528 g/mol. The molecular weight excluding hydrogens is 482 g/mol. The van der Waals surface area contributed by atoms with Crippen LogP contribution in [0.15, 0.2) is 46.0 Å². The monoisotopic (exact) mass is 527 g/mol. The fraction of sp³-hybridized carbons (Fsp3) is 0.733. The van der Waals surface area contributed by atoms with Gasteiger partial charge in [0.25, 0.3) is 0 Å². The molecule has 6 heterocycles. The summed E-state index contributed by atoms with van der Waals surface area (Å²) in [6.45, 7) is 6.76. The molecule has 4 fully saturated rings. The van der Waals surface area contributed by atoms with E-state index in [2.05, 4.69) is 40.5 Å². The molecule has 4 saturated heterocycles. The molecule has 1 spiro atoms. The third-order valence-corrected chi connectivity index (χ3v) is 11.4. The lowest BCUT2D eigenvalue weighted by molar-refractivity contribution is -0.0406. The van der Waals surface area contributed by atoms with Crippen LogP contribution in [0.25, 0.3) is 0 Å². The number of nitrogens with one attached hydrogen (secondary N) is 1. The van der Waals surface area contributed by atoms with Crippen molar-refractivity contribution in [1.29, 1.82) is 0 Å². The Hall–Kier alpha value is -1.25. The molecule has 6 nitrogen and oxygen atoms in total. The van der Waals surface area contributed by atoms with E-state index in [0.717, 1.165) is 50.6 Å². The van der Waals surface area contributed by atoms with E-state index in [1.807, 2.05) is 30.7 Å². The van der Waals surface area contributed by atoms with Gasteiger partial charge in [-0.1, -0.05) is 25.3 Å². The van der Waals surface area contributed by atoms with Crippen LogP contribution in [0.3, 0.4) is 0 Å². The Labute approximate surface area is 226 Å². The first-order chi connectivity index (χ1) is 18.0. The molecule has 0 bridgehead atoms. The zero-order valence-electron chi connectivity index (χ0n) is 22.6. The quantitative estimate of drug-likeness (QED) is 0.453. The lowest BCUT2D eigenvalue weighted by atomic mass is 9.70. The van der Waals surface area contributed by atoms with E-state index in [1.54, 1.807) is 6.26 Å². The van der Waals surface area contributed by atoms with Crippen LogP contribution < -0.4 is 4.72 Å². The van der Waals surface area contributed by atoms with Crippen LogP contribution in [0.2, 0.25) is 0 Å². The molecule has 0 radical (unpaired) electrons. The Morgan fingerprint density at radius 1 is 0.946 bits per heavy atom. The van der Waals surface area contributed by atoms with Crippen LogP contribution >= 0.6 is 11.9 Å². The summed E-state index contributed by atoms with van der Waals surface area (Å²) in [5.41, 5.74) is 2.87. The van der Waals surface area contributed by atoms with Gasteiger partial charge in [-0.15, -0.1) is 0 Å². The number of aliphatic hydroxyl groups is 1. The van der Waals surface area contributed by atoms with Crippen molar-refractivity contribution in [2.24, 2.45) is 11.3 Å². The minimum Gasteiger partial charge on any atom is -0.472 e. The Bertz CT molecular complexity index is 984. The third-order valence-electron chi connectivity index (χ3n) is 10.4. The smallest absolute Gasteiger partial charge is 0.0950 e. The van der Waals surface area contributed by atoms with E-state index >= 15 is 0 Å². The topological polar surface area (TPSA) is 65.0 Å². The van der Waals surface area contributed by atoms with Gasteiger partial charge in [0.15, 0.2) is 0 Å². The van der Waals surface area contributed by atoms with Crippen LogP contribution in [0.5, 0.6) is 0 Å². The number of aliphatic hydroxyl groups excluding tert-OH is 1. The number of rotatable bonds is 2. The van der Waals surface area contributed by atoms with Crippen molar-refractivity contribution in [3.8, 4) is 0 Å². The van der Waals surface area contributed by atoms with E-state index < -0.39 is 0 Å². The number of piperidine rings is 3. The second kappa shape index (κ2) is 11.1. The van der Waals surface area contributed by atoms with Crippen LogP contribution in [0.1, 0.15) is 94.7 Å². The molecular formula is C30H45N3O3S. The van der Waals surface area contributed by atoms with Gasteiger partial charge in [0.2, 0.25) is 0 Å². The minimum atomic E-state index is -0.324. The summed E-state index contributed by atoms with van der Waals surface area (Å²) in [5.74, 6) is 2.22. The first-order valence-corrected chi connectivity index (χ1v) is 15.6. The van der Waals surface area contributed by atoms with Gasteiger partial charge in [0.05, 0.1) is 37.8 Å². The minimum absolute atomic E-state index is 0.132. The molecule has 0 aromatic carbocycles. The summed E-state index contributed by atoms with van der Waals surface area (Å²) in [6, 6.07) is 6.02. The van der Waals surface area contributed by atoms with Gasteiger partial charge in [0.1, 0.15) is 0 Å². The third kappa shape index (κ3) is 5.19. The van der Waals surface area contributed by atoms with Crippen LogP contribution in [-0.2, 0) is 0 Å². The number of hydrogen-bond acceptors (Lipinski definition) is 7. The molecule has 0 amide bonds. The van der Waals surface area contributed by atoms with Crippen molar-refractivity contribution < 1.29 is 13.9 Å². The largest absolute Gasteiger partial charge is 0.472 e. The number of furan rings is 2. The first-order valence-electron chi connectivity index (χ1n) is 14.6. The second-order valence-corrected chi connectivity index (χ2v) is 13.4. The summed E-state index contributed by atoms with van der Waals surface area (Å²) in [5, 5.41) is 11.7. The van der Waals surface area contributed by atoms with Crippen molar-refractivity contribution >= 4 is 11.9 Å². The molecule has 7 heteroatoms. The molecule has 0 saturated carbocycles. The van der Waals surface area contributed by atoms with Crippen LogP contribution in [0, 0.1) is 11.3 Å². The Morgan fingerprint density at radius 2 is 1.76 bits per heavy atom. The fourth-order valence-electron chi connectivity index (χ4n) is 8.22. The van der Waals surface area contributed by atoms with Gasteiger partial charge in [-0.05, 0) is 87.3 Å². The molecule has 4 aliphatic heterocycles. The molecule has 0 aliphatic carbocycles. The predicted molar refractivity (Wildman–Crippen MR) is 148 cm³/mol. The van der Waals surface area contributed by atoms with Gasteiger partial charge in [-0.25, -0.2) is 0 Å². The molecule has 8 atom stereocenters. The van der Waals surface area contributed by atoms with Crippen LogP contribution in [0.4, 0.5) is 0 Å². The number of nitrogens with zero attached hydrogens (tertiary/aromatic N) is 2. The SMILES string of the molecule is C[C@@H]1CC[C@@H](c2ccoc2)N2C[C@@]3(CCC[C@@H](O)C4[C@H](c5ccoc5)CC[C@@H](C)N4CNSC3)CC[C@@H]12. The van der Waals surface area contributed by atoms with E-state index in [4.69, 9.17) is 8.83 Å². The normalized spacial score (nSPS) is 40.6. The summed E-state index contributed by atoms with van der Waals surface area (Å²) in [7, 11) is 0. The van der Waals surface area contributed by atoms with Gasteiger partial charge in [-0.2, -0.15) is 0 Å². The van der Waals surface area contributed by atoms with Crippen molar-refractivity contribution in [1.82, 2.24) is 14.5 Å². The van der Waals surface area contributed by atoms with Gasteiger partial charge >= 0.3 is 0 Å². The molecule has 2 N–H and O–H groups in total. The van der Waals surface area contributed by atoms with Crippen molar-refractivity contribution in [2.45, 2.75) is 108 Å². The number of hydrogen-bond donors (Lipinski definition) is 2. The highest BCUT2D eigenvalue weighted by molar-refractivity contribution is 7.97. The lowest BCUT2D eigenvalue weighted by Gasteiger charge is -2.54. The summed E-state index contributed by atoms with van der Waals surface area (Å²) < 4.78 is 14.7. The Kier molecular flexibility index (Phi) is 7.79. The summed E-state index contributed by atoms with van der Waals surface area (Å²) >= 11 is 1.93. The zero-order valence-corrected chi connectivity index (χ0v) is 23.4. The molecule has 37 heavy (non-hydrogen) atoms. The van der Waals surface area contributed by atoms with E-state index in [-0.39, 0.29) is 17.6 Å². The Balaban J connectivity index is 1.21. The van der Waals surface area contributed by atoms with Crippen LogP contribution in [-0.4, -0.2) is 58.1 Å². The molecule has 2 aromatic rings. The maximum atomic E-state index is 11.7. The van der Waals surface area contributed by atoms with Crippen molar-refractivity contribution in [3.05, 3.63) is 48.3 Å². The van der Waals surface area contributed by atoms with Crippen molar-refractivity contribution in [3.63, 3.8) is 0 Å². The Morgan fingerprint density at radius 3 is 2.54 bits per heavy atom. The maximum absolute atomic E-state index is 11.7. The zero-order chi connectivity index (χ0) is 25.4. The lowest BCUT2D eigenvalue weighted by Crippen LogP contribution is -2.56. The van der Waals surface area contributed by atoms with E-state index in [1.165, 1.54) is 43.2 Å². The van der Waals surface area contributed by atoms with E-state index in [9.17, 15) is 5.11 Å². The fourth-order valence-corrected chi connectivity index (χ4v) is 9.24. The standard InChI is InChI=1S/C30H45N3O3S/c1-21-5-8-27(24-11-15-36-17-24)32-18-30(13-9-26(21)32)12-3-4-28(34)29-25(23-10-14-35-16-23)7-6-22(2)33(29)20-31-37-19-30/h10-11,14-17,21-22,25-29,31,34H,3-9,12-13,18-20H2,1-2H3/t21-,22-,25+,26+,27+,28-,29?,30-/m1/s1. The number of fused-ring (bicyclic) bond motifs is 2. The maximum Gasteiger partial charge on any atom is 0.0950 e. The molecule has 1 unspecified atom stereocenters. The first kappa shape index (κ1) is 26.0. The summed E-state index contributed by atoms with van der Waals surface area (Å²) in [4.78, 5) is 5.38. The molecule has 6 rings (SSSR count). The summed E-state index contributed by atoms with van der Waals surface area (Å²) in [6.07, 6.45) is 17.7.